The molecule has 0 aliphatic carbocycles. The first-order valence-electron chi connectivity index (χ1n) is 6.49. The first-order valence-corrected chi connectivity index (χ1v) is 8.14. The molecule has 0 bridgehead atoms. The lowest BCUT2D eigenvalue weighted by atomic mass is 10.2. The van der Waals surface area contributed by atoms with E-state index in [9.17, 15) is 13.2 Å². The third-order valence-corrected chi connectivity index (χ3v) is 4.20. The number of nitrogens with zero attached hydrogens (tertiary/aromatic N) is 1. The number of fused-ring (bicyclic) bond motifs is 1. The number of nitrogens with one attached hydrogen (secondary N) is 1. The van der Waals surface area contributed by atoms with Gasteiger partial charge in [-0.15, -0.1) is 0 Å². The van der Waals surface area contributed by atoms with Crippen LogP contribution in [-0.2, 0) is 15.8 Å². The number of amides is 1. The number of rotatable bonds is 5. The molecule has 2 aromatic heterocycles. The lowest BCUT2D eigenvalue weighted by Gasteiger charge is -2.03. The maximum atomic E-state index is 12.1. The summed E-state index contributed by atoms with van der Waals surface area (Å²) in [7, 11) is -2.45. The molecule has 1 amide bonds. The summed E-state index contributed by atoms with van der Waals surface area (Å²) in [5, 5.41) is 4.12. The van der Waals surface area contributed by atoms with Gasteiger partial charge in [0, 0.05) is 11.5 Å². The van der Waals surface area contributed by atoms with Gasteiger partial charge in [0.15, 0.2) is 17.1 Å². The number of hydrogen-bond donors (Lipinski definition) is 1. The Morgan fingerprint density at radius 2 is 2.17 bits per heavy atom. The van der Waals surface area contributed by atoms with Gasteiger partial charge in [0.25, 0.3) is 5.91 Å². The van der Waals surface area contributed by atoms with Gasteiger partial charge in [-0.25, -0.2) is 13.1 Å². The van der Waals surface area contributed by atoms with Crippen molar-refractivity contribution in [3.05, 3.63) is 48.0 Å². The van der Waals surface area contributed by atoms with Crippen molar-refractivity contribution < 1.29 is 26.9 Å². The highest BCUT2D eigenvalue weighted by atomic mass is 32.2. The fraction of sp³-hybridized carbons (Fsp3) is 0.143. The predicted octanol–water partition coefficient (Wildman–Crippen LogP) is 1.69. The number of benzene rings is 1. The lowest BCUT2D eigenvalue weighted by Crippen LogP contribution is -2.31. The molecule has 0 atom stereocenters. The van der Waals surface area contributed by atoms with Crippen LogP contribution in [0.25, 0.3) is 11.0 Å². The van der Waals surface area contributed by atoms with E-state index >= 15 is 0 Å². The molecule has 0 unspecified atom stereocenters. The number of carbonyl (C=O) groups excluding carboxylic acids is 1. The highest BCUT2D eigenvalue weighted by Crippen LogP contribution is 2.28. The van der Waals surface area contributed by atoms with Crippen LogP contribution in [0.2, 0.25) is 0 Å². The molecule has 23 heavy (non-hydrogen) atoms. The third kappa shape index (κ3) is 3.19. The van der Waals surface area contributed by atoms with Gasteiger partial charge in [0.2, 0.25) is 10.0 Å². The molecule has 9 heteroatoms. The molecule has 1 N–H and O–H groups in total. The summed E-state index contributed by atoms with van der Waals surface area (Å²) >= 11 is 0. The van der Waals surface area contributed by atoms with Crippen LogP contribution >= 0.6 is 0 Å². The zero-order valence-corrected chi connectivity index (χ0v) is 12.8. The molecule has 0 aliphatic rings. The van der Waals surface area contributed by atoms with E-state index in [4.69, 9.17) is 9.15 Å². The monoisotopic (exact) mass is 336 g/mol. The zero-order valence-electron chi connectivity index (χ0n) is 12.0. The second-order valence-corrected chi connectivity index (χ2v) is 6.39. The average molecular weight is 336 g/mol. The summed E-state index contributed by atoms with van der Waals surface area (Å²) < 4.78 is 40.9. The Labute approximate surface area is 131 Å². The molecule has 2 heterocycles. The van der Waals surface area contributed by atoms with Gasteiger partial charge in [0.1, 0.15) is 17.7 Å². The Kier molecular flexibility index (Phi) is 3.78. The van der Waals surface area contributed by atoms with Crippen molar-refractivity contribution in [2.75, 3.05) is 7.11 Å². The van der Waals surface area contributed by atoms with E-state index in [0.29, 0.717) is 16.7 Å². The van der Waals surface area contributed by atoms with E-state index in [1.165, 1.54) is 25.5 Å². The molecule has 0 fully saturated rings. The van der Waals surface area contributed by atoms with E-state index in [-0.39, 0.29) is 11.5 Å². The van der Waals surface area contributed by atoms with Gasteiger partial charge in [-0.3, -0.25) is 4.79 Å². The van der Waals surface area contributed by atoms with Crippen LogP contribution in [0.3, 0.4) is 0 Å². The normalized spacial score (nSPS) is 11.5. The van der Waals surface area contributed by atoms with Crippen molar-refractivity contribution in [3.63, 3.8) is 0 Å². The fourth-order valence-corrected chi connectivity index (χ4v) is 3.04. The molecule has 0 radical (unpaired) electrons. The van der Waals surface area contributed by atoms with E-state index in [1.54, 1.807) is 18.2 Å². The second-order valence-electron chi connectivity index (χ2n) is 4.67. The van der Waals surface area contributed by atoms with Crippen LogP contribution in [-0.4, -0.2) is 26.6 Å². The fourth-order valence-electron chi connectivity index (χ4n) is 2.04. The molecular weight excluding hydrogens is 324 g/mol. The maximum Gasteiger partial charge on any atom is 0.300 e. The van der Waals surface area contributed by atoms with Crippen molar-refractivity contribution >= 4 is 26.9 Å². The molecule has 0 saturated heterocycles. The first kappa shape index (κ1) is 15.1. The Bertz CT molecular complexity index is 943. The molecule has 3 aromatic rings. The molecule has 3 rings (SSSR count). The highest BCUT2D eigenvalue weighted by molar-refractivity contribution is 7.89. The molecule has 0 aliphatic heterocycles. The minimum absolute atomic E-state index is 0.131. The van der Waals surface area contributed by atoms with Gasteiger partial charge in [0.05, 0.1) is 7.11 Å². The summed E-state index contributed by atoms with van der Waals surface area (Å²) in [6.07, 6.45) is 1.25. The summed E-state index contributed by atoms with van der Waals surface area (Å²) in [6.45, 7) is 0. The van der Waals surface area contributed by atoms with Gasteiger partial charge in [-0.2, -0.15) is 0 Å². The summed E-state index contributed by atoms with van der Waals surface area (Å²) in [5.74, 6) is -1.02. The number of ether oxygens (including phenoxy) is 1. The number of methoxy groups -OCH3 is 1. The molecular formula is C14H12N2O6S. The Morgan fingerprint density at radius 1 is 1.35 bits per heavy atom. The van der Waals surface area contributed by atoms with Crippen molar-refractivity contribution in [1.29, 1.82) is 0 Å². The summed E-state index contributed by atoms with van der Waals surface area (Å²) in [4.78, 5) is 12.1. The topological polar surface area (TPSA) is 112 Å². The molecule has 8 nitrogen and oxygen atoms in total. The van der Waals surface area contributed by atoms with Crippen molar-refractivity contribution in [2.24, 2.45) is 0 Å². The molecule has 120 valence electrons. The molecule has 0 saturated carbocycles. The van der Waals surface area contributed by atoms with Gasteiger partial charge in [-0.05, 0) is 12.1 Å². The minimum atomic E-state index is -3.92. The smallest absolute Gasteiger partial charge is 0.300 e. The van der Waals surface area contributed by atoms with Gasteiger partial charge < -0.3 is 13.7 Å². The second kappa shape index (κ2) is 5.76. The number of furan rings is 1. The number of carbonyl (C=O) groups is 1. The number of para-hydroxylation sites is 1. The number of aromatic nitrogens is 1. The standard InChI is InChI=1S/C14H12N2O6S/c1-20-11-4-2-3-9-7-12(22-13(9)11)14(17)16-23(18,19)8-10-5-6-21-15-10/h2-7H,8H2,1H3,(H,16,17). The van der Waals surface area contributed by atoms with Crippen LogP contribution < -0.4 is 9.46 Å². The van der Waals surface area contributed by atoms with Crippen molar-refractivity contribution in [3.8, 4) is 5.75 Å². The van der Waals surface area contributed by atoms with Gasteiger partial charge >= 0.3 is 0 Å². The third-order valence-electron chi connectivity index (χ3n) is 3.03. The van der Waals surface area contributed by atoms with E-state index in [2.05, 4.69) is 9.68 Å². The molecule has 0 spiro atoms. The first-order chi connectivity index (χ1) is 11.0. The minimum Gasteiger partial charge on any atom is -0.493 e. The van der Waals surface area contributed by atoms with Crippen LogP contribution in [0.4, 0.5) is 0 Å². The summed E-state index contributed by atoms with van der Waals surface area (Å²) in [5.41, 5.74) is 0.561. The summed E-state index contributed by atoms with van der Waals surface area (Å²) in [6, 6.07) is 7.98. The predicted molar refractivity (Wildman–Crippen MR) is 79.4 cm³/mol. The Morgan fingerprint density at radius 3 is 2.87 bits per heavy atom. The maximum absolute atomic E-state index is 12.1. The van der Waals surface area contributed by atoms with Crippen molar-refractivity contribution in [1.82, 2.24) is 9.88 Å². The van der Waals surface area contributed by atoms with E-state index < -0.39 is 21.7 Å². The number of hydrogen-bond acceptors (Lipinski definition) is 7. The largest absolute Gasteiger partial charge is 0.493 e. The van der Waals surface area contributed by atoms with E-state index in [0.717, 1.165) is 0 Å². The SMILES string of the molecule is COc1cccc2cc(C(=O)NS(=O)(=O)Cc3ccon3)oc12. The zero-order chi connectivity index (χ0) is 16.4. The number of sulfonamides is 1. The Hall–Kier alpha value is -2.81. The van der Waals surface area contributed by atoms with Crippen LogP contribution in [0.1, 0.15) is 16.2 Å². The van der Waals surface area contributed by atoms with Crippen molar-refractivity contribution in [2.45, 2.75) is 5.75 Å². The average Bonchev–Trinajstić information content (AvgIpc) is 3.14. The van der Waals surface area contributed by atoms with Crippen LogP contribution in [0, 0.1) is 0 Å². The lowest BCUT2D eigenvalue weighted by molar-refractivity contribution is 0.0956. The quantitative estimate of drug-likeness (QED) is 0.754. The van der Waals surface area contributed by atoms with E-state index in [1.807, 2.05) is 4.72 Å². The highest BCUT2D eigenvalue weighted by Gasteiger charge is 2.21. The Balaban J connectivity index is 1.83. The van der Waals surface area contributed by atoms with Crippen LogP contribution in [0.15, 0.2) is 45.5 Å². The van der Waals surface area contributed by atoms with Crippen LogP contribution in [0.5, 0.6) is 5.75 Å². The molecule has 1 aromatic carbocycles. The van der Waals surface area contributed by atoms with Gasteiger partial charge in [-0.1, -0.05) is 17.3 Å².